The van der Waals surface area contributed by atoms with E-state index in [1.807, 2.05) is 0 Å². The number of esters is 1. The van der Waals surface area contributed by atoms with Crippen molar-refractivity contribution in [3.8, 4) is 0 Å². The number of rotatable bonds is 6. The molecule has 2 heterocycles. The van der Waals surface area contributed by atoms with Crippen LogP contribution in [0.4, 0.5) is 5.69 Å². The average Bonchev–Trinajstić information content (AvgIpc) is 3.37. The number of hydrogen-bond acceptors (Lipinski definition) is 6. The predicted molar refractivity (Wildman–Crippen MR) is 114 cm³/mol. The first-order valence-electron chi connectivity index (χ1n) is 9.59. The smallest absolute Gasteiger partial charge is 0.338 e. The maximum atomic E-state index is 12.7. The van der Waals surface area contributed by atoms with Gasteiger partial charge >= 0.3 is 5.97 Å². The minimum absolute atomic E-state index is 0.0117. The standard InChI is InChI=1S/C23H17ClN2O6/c1-13-4-6-15(24)10-19(13)25-20(27)12-32-23(30)14-5-7-17-18(9-14)22(29)26(21(17)28)11-16-3-2-8-31-16/h2-10H,11-12H2,1H3,(H,25,27). The number of halogens is 1. The summed E-state index contributed by atoms with van der Waals surface area (Å²) in [5, 5.41) is 3.08. The maximum Gasteiger partial charge on any atom is 0.338 e. The third-order valence-corrected chi connectivity index (χ3v) is 5.14. The summed E-state index contributed by atoms with van der Waals surface area (Å²) in [5.41, 5.74) is 1.64. The van der Waals surface area contributed by atoms with Crippen molar-refractivity contribution in [3.63, 3.8) is 0 Å². The summed E-state index contributed by atoms with van der Waals surface area (Å²) in [6.07, 6.45) is 1.45. The molecule has 8 nitrogen and oxygen atoms in total. The van der Waals surface area contributed by atoms with Crippen molar-refractivity contribution in [3.05, 3.63) is 87.8 Å². The molecule has 32 heavy (non-hydrogen) atoms. The lowest BCUT2D eigenvalue weighted by molar-refractivity contribution is -0.119. The zero-order valence-corrected chi connectivity index (χ0v) is 17.6. The molecule has 4 rings (SSSR count). The van der Waals surface area contributed by atoms with Gasteiger partial charge in [-0.1, -0.05) is 17.7 Å². The van der Waals surface area contributed by atoms with Crippen molar-refractivity contribution >= 4 is 41.0 Å². The summed E-state index contributed by atoms with van der Waals surface area (Å²) in [7, 11) is 0. The Morgan fingerprint density at radius 3 is 2.59 bits per heavy atom. The molecule has 3 amide bonds. The lowest BCUT2D eigenvalue weighted by Crippen LogP contribution is -2.28. The average molecular weight is 453 g/mol. The number of anilines is 1. The van der Waals surface area contributed by atoms with Gasteiger partial charge < -0.3 is 14.5 Å². The van der Waals surface area contributed by atoms with Gasteiger partial charge in [-0.2, -0.15) is 0 Å². The van der Waals surface area contributed by atoms with Gasteiger partial charge in [0.2, 0.25) is 0 Å². The number of benzene rings is 2. The Kier molecular flexibility index (Phi) is 5.79. The van der Waals surface area contributed by atoms with Crippen molar-refractivity contribution in [1.29, 1.82) is 0 Å². The van der Waals surface area contributed by atoms with Crippen molar-refractivity contribution in [2.75, 3.05) is 11.9 Å². The molecule has 0 saturated carbocycles. The molecule has 2 aromatic carbocycles. The summed E-state index contributed by atoms with van der Waals surface area (Å²) < 4.78 is 10.3. The van der Waals surface area contributed by atoms with Gasteiger partial charge in [0.25, 0.3) is 17.7 Å². The second kappa shape index (κ2) is 8.68. The molecule has 9 heteroatoms. The van der Waals surface area contributed by atoms with Crippen molar-refractivity contribution in [1.82, 2.24) is 4.90 Å². The number of fused-ring (bicyclic) bond motifs is 1. The van der Waals surface area contributed by atoms with Crippen LogP contribution in [-0.2, 0) is 16.1 Å². The molecule has 0 fully saturated rings. The van der Waals surface area contributed by atoms with Crippen LogP contribution in [0, 0.1) is 6.92 Å². The molecule has 3 aromatic rings. The molecule has 1 aromatic heterocycles. The van der Waals surface area contributed by atoms with Gasteiger partial charge in [-0.05, 0) is 55.0 Å². The lowest BCUT2D eigenvalue weighted by atomic mass is 10.1. The largest absolute Gasteiger partial charge is 0.467 e. The first-order chi connectivity index (χ1) is 15.3. The van der Waals surface area contributed by atoms with Crippen LogP contribution in [0.2, 0.25) is 5.02 Å². The summed E-state index contributed by atoms with van der Waals surface area (Å²) >= 11 is 5.93. The Hall–Kier alpha value is -3.91. The van der Waals surface area contributed by atoms with Gasteiger partial charge in [0, 0.05) is 10.7 Å². The second-order valence-electron chi connectivity index (χ2n) is 7.12. The molecule has 0 bridgehead atoms. The topological polar surface area (TPSA) is 106 Å². The van der Waals surface area contributed by atoms with Crippen LogP contribution in [0.3, 0.4) is 0 Å². The van der Waals surface area contributed by atoms with Gasteiger partial charge in [0.05, 0.1) is 29.5 Å². The molecule has 0 unspecified atom stereocenters. The van der Waals surface area contributed by atoms with E-state index >= 15 is 0 Å². The maximum absolute atomic E-state index is 12.7. The molecular formula is C23H17ClN2O6. The number of hydrogen-bond donors (Lipinski definition) is 1. The Labute approximate surface area is 187 Å². The van der Waals surface area contributed by atoms with Crippen molar-refractivity contribution in [2.45, 2.75) is 13.5 Å². The minimum Gasteiger partial charge on any atom is -0.467 e. The molecule has 1 aliphatic heterocycles. The number of ether oxygens (including phenoxy) is 1. The highest BCUT2D eigenvalue weighted by Gasteiger charge is 2.36. The molecule has 0 spiro atoms. The number of carbonyl (C=O) groups is 4. The highest BCUT2D eigenvalue weighted by atomic mass is 35.5. The van der Waals surface area contributed by atoms with E-state index in [0.717, 1.165) is 10.5 Å². The molecule has 162 valence electrons. The first kappa shape index (κ1) is 21.3. The zero-order chi connectivity index (χ0) is 22.8. The number of aryl methyl sites for hydroxylation is 1. The monoisotopic (exact) mass is 452 g/mol. The van der Waals surface area contributed by atoms with Crippen LogP contribution in [0.5, 0.6) is 0 Å². The second-order valence-corrected chi connectivity index (χ2v) is 7.56. The van der Waals surface area contributed by atoms with Crippen LogP contribution >= 0.6 is 11.6 Å². The molecule has 0 radical (unpaired) electrons. The Morgan fingerprint density at radius 1 is 1.06 bits per heavy atom. The van der Waals surface area contributed by atoms with E-state index in [9.17, 15) is 19.2 Å². The number of amides is 3. The molecule has 1 aliphatic rings. The summed E-state index contributed by atoms with van der Waals surface area (Å²) in [6.45, 7) is 1.26. The predicted octanol–water partition coefficient (Wildman–Crippen LogP) is 3.83. The number of furan rings is 1. The number of carbonyl (C=O) groups excluding carboxylic acids is 4. The minimum atomic E-state index is -0.796. The molecule has 1 N–H and O–H groups in total. The van der Waals surface area contributed by atoms with E-state index in [1.54, 1.807) is 37.3 Å². The summed E-state index contributed by atoms with van der Waals surface area (Å²) in [4.78, 5) is 50.8. The van der Waals surface area contributed by atoms with E-state index in [1.165, 1.54) is 24.5 Å². The molecule has 0 aliphatic carbocycles. The van der Waals surface area contributed by atoms with Gasteiger partial charge in [0.15, 0.2) is 6.61 Å². The fourth-order valence-electron chi connectivity index (χ4n) is 3.25. The van der Waals surface area contributed by atoms with Gasteiger partial charge in [0.1, 0.15) is 5.76 Å². The SMILES string of the molecule is Cc1ccc(Cl)cc1NC(=O)COC(=O)c1ccc2c(c1)C(=O)N(Cc1ccco1)C2=O. The van der Waals surface area contributed by atoms with Crippen LogP contribution < -0.4 is 5.32 Å². The Morgan fingerprint density at radius 2 is 1.84 bits per heavy atom. The third-order valence-electron chi connectivity index (χ3n) is 4.91. The fourth-order valence-corrected chi connectivity index (χ4v) is 3.42. The zero-order valence-electron chi connectivity index (χ0n) is 16.9. The van der Waals surface area contributed by atoms with Crippen molar-refractivity contribution < 1.29 is 28.3 Å². The van der Waals surface area contributed by atoms with E-state index < -0.39 is 30.3 Å². The highest BCUT2D eigenvalue weighted by Crippen LogP contribution is 2.26. The number of nitrogens with zero attached hydrogens (tertiary/aromatic N) is 1. The molecule has 0 atom stereocenters. The van der Waals surface area contributed by atoms with E-state index in [4.69, 9.17) is 20.8 Å². The van der Waals surface area contributed by atoms with E-state index in [2.05, 4.69) is 5.32 Å². The van der Waals surface area contributed by atoms with Crippen LogP contribution in [0.1, 0.15) is 42.4 Å². The number of nitrogens with one attached hydrogen (secondary N) is 1. The summed E-state index contributed by atoms with van der Waals surface area (Å²) in [5.74, 6) is -1.89. The molecule has 0 saturated heterocycles. The molecular weight excluding hydrogens is 436 g/mol. The first-order valence-corrected chi connectivity index (χ1v) is 9.97. The number of imide groups is 1. The van der Waals surface area contributed by atoms with E-state index in [-0.39, 0.29) is 23.2 Å². The highest BCUT2D eigenvalue weighted by molar-refractivity contribution is 6.31. The third kappa shape index (κ3) is 4.26. The van der Waals surface area contributed by atoms with Crippen LogP contribution in [0.25, 0.3) is 0 Å². The van der Waals surface area contributed by atoms with Gasteiger partial charge in [-0.3, -0.25) is 19.3 Å². The van der Waals surface area contributed by atoms with Crippen LogP contribution in [0.15, 0.2) is 59.2 Å². The lowest BCUT2D eigenvalue weighted by Gasteiger charge is -2.11. The van der Waals surface area contributed by atoms with E-state index in [0.29, 0.717) is 16.5 Å². The van der Waals surface area contributed by atoms with Crippen LogP contribution in [-0.4, -0.2) is 35.2 Å². The van der Waals surface area contributed by atoms with Gasteiger partial charge in [-0.15, -0.1) is 0 Å². The van der Waals surface area contributed by atoms with Crippen molar-refractivity contribution in [2.24, 2.45) is 0 Å². The normalized spacial score (nSPS) is 12.6. The Bertz CT molecular complexity index is 1240. The summed E-state index contributed by atoms with van der Waals surface area (Å²) in [6, 6.07) is 12.4. The van der Waals surface area contributed by atoms with Gasteiger partial charge in [-0.25, -0.2) is 4.79 Å². The quantitative estimate of drug-likeness (QED) is 0.450. The Balaban J connectivity index is 1.41. The fraction of sp³-hybridized carbons (Fsp3) is 0.130.